The summed E-state index contributed by atoms with van der Waals surface area (Å²) in [7, 11) is 0. The minimum atomic E-state index is 0.958. The van der Waals surface area contributed by atoms with Gasteiger partial charge in [0.25, 0.3) is 0 Å². The topological polar surface area (TPSA) is 25.8 Å². The van der Waals surface area contributed by atoms with Crippen LogP contribution in [-0.4, -0.2) is 9.97 Å². The molecule has 6 aromatic carbocycles. The number of aromatic nitrogens is 2. The molecular weight excluding hydrogens is 508 g/mol. The molecule has 2 aromatic heterocycles. The third-order valence-corrected chi connectivity index (χ3v) is 8.67. The predicted molar refractivity (Wildman–Crippen MR) is 175 cm³/mol. The first-order valence-electron chi connectivity index (χ1n) is 14.3. The lowest BCUT2D eigenvalue weighted by Crippen LogP contribution is -1.96. The van der Waals surface area contributed by atoms with E-state index in [4.69, 9.17) is 4.98 Å². The van der Waals surface area contributed by atoms with Crippen molar-refractivity contribution in [1.29, 1.82) is 0 Å². The van der Waals surface area contributed by atoms with Gasteiger partial charge in [0.2, 0.25) is 0 Å². The van der Waals surface area contributed by atoms with Crippen molar-refractivity contribution in [2.24, 2.45) is 0 Å². The Bertz CT molecular complexity index is 2330. The molecule has 0 saturated carbocycles. The van der Waals surface area contributed by atoms with E-state index in [1.807, 2.05) is 18.5 Å². The molecule has 1 aliphatic carbocycles. The Morgan fingerprint density at radius 3 is 1.88 bits per heavy atom. The van der Waals surface area contributed by atoms with Crippen LogP contribution >= 0.6 is 0 Å². The van der Waals surface area contributed by atoms with Crippen molar-refractivity contribution < 1.29 is 0 Å². The van der Waals surface area contributed by atoms with Gasteiger partial charge in [0.15, 0.2) is 0 Å². The summed E-state index contributed by atoms with van der Waals surface area (Å²) in [5.41, 5.74) is 13.1. The lowest BCUT2D eigenvalue weighted by atomic mass is 9.83. The van der Waals surface area contributed by atoms with Gasteiger partial charge in [-0.15, -0.1) is 0 Å². The second-order valence-electron chi connectivity index (χ2n) is 11.0. The largest absolute Gasteiger partial charge is 0.256 e. The van der Waals surface area contributed by atoms with E-state index in [-0.39, 0.29) is 0 Å². The summed E-state index contributed by atoms with van der Waals surface area (Å²) < 4.78 is 0. The average molecular weight is 533 g/mol. The van der Waals surface area contributed by atoms with Crippen LogP contribution < -0.4 is 0 Å². The number of rotatable bonds is 3. The Morgan fingerprint density at radius 1 is 0.405 bits per heavy atom. The lowest BCUT2D eigenvalue weighted by Gasteiger charge is -2.20. The molecule has 194 valence electrons. The first-order valence-corrected chi connectivity index (χ1v) is 14.3. The van der Waals surface area contributed by atoms with Crippen LogP contribution in [0.3, 0.4) is 0 Å². The summed E-state index contributed by atoms with van der Waals surface area (Å²) in [6, 6.07) is 48.0. The summed E-state index contributed by atoms with van der Waals surface area (Å²) in [4.78, 5) is 9.81. The first-order chi connectivity index (χ1) is 20.8. The fourth-order valence-electron chi connectivity index (χ4n) is 6.85. The number of hydrogen-bond donors (Lipinski definition) is 0. The van der Waals surface area contributed by atoms with Crippen molar-refractivity contribution in [3.8, 4) is 55.8 Å². The summed E-state index contributed by atoms with van der Waals surface area (Å²) in [6.45, 7) is 0. The number of benzene rings is 6. The van der Waals surface area contributed by atoms with Gasteiger partial charge < -0.3 is 0 Å². The second-order valence-corrected chi connectivity index (χ2v) is 11.0. The Morgan fingerprint density at radius 2 is 1.10 bits per heavy atom. The van der Waals surface area contributed by atoms with Gasteiger partial charge >= 0.3 is 0 Å². The van der Waals surface area contributed by atoms with E-state index in [1.54, 1.807) is 0 Å². The van der Waals surface area contributed by atoms with Crippen LogP contribution in [0.25, 0.3) is 88.2 Å². The summed E-state index contributed by atoms with van der Waals surface area (Å²) >= 11 is 0. The van der Waals surface area contributed by atoms with Crippen molar-refractivity contribution in [3.63, 3.8) is 0 Å². The zero-order valence-electron chi connectivity index (χ0n) is 22.8. The molecule has 0 bridgehead atoms. The van der Waals surface area contributed by atoms with Crippen molar-refractivity contribution in [2.45, 2.75) is 0 Å². The molecule has 8 aromatic rings. The van der Waals surface area contributed by atoms with Gasteiger partial charge in [-0.05, 0) is 78.9 Å². The van der Waals surface area contributed by atoms with Gasteiger partial charge in [-0.2, -0.15) is 0 Å². The maximum absolute atomic E-state index is 5.13. The van der Waals surface area contributed by atoms with Gasteiger partial charge in [-0.3, -0.25) is 9.97 Å². The second kappa shape index (κ2) is 8.95. The normalized spacial score (nSPS) is 11.8. The minimum absolute atomic E-state index is 0.958. The van der Waals surface area contributed by atoms with Crippen LogP contribution in [0.4, 0.5) is 0 Å². The summed E-state index contributed by atoms with van der Waals surface area (Å²) in [6.07, 6.45) is 3.85. The van der Waals surface area contributed by atoms with E-state index in [1.165, 1.54) is 55.3 Å². The van der Waals surface area contributed by atoms with E-state index in [9.17, 15) is 0 Å². The molecule has 0 spiro atoms. The molecule has 42 heavy (non-hydrogen) atoms. The minimum Gasteiger partial charge on any atom is -0.256 e. The van der Waals surface area contributed by atoms with Crippen molar-refractivity contribution in [3.05, 3.63) is 146 Å². The molecule has 0 saturated heterocycles. The monoisotopic (exact) mass is 532 g/mol. The Balaban J connectivity index is 1.43. The third kappa shape index (κ3) is 3.33. The standard InChI is InChI=1S/C40H24N2/c1-3-10-25(11-4-1)32-23-33(35-22-29-20-19-28-16-9-21-41-40(28)34(29)24-42-35)37(27-12-5-2-6-13-27)39-31-18-8-15-26-14-7-17-30(36(26)31)38(32)39/h1-24H. The number of hydrogen-bond acceptors (Lipinski definition) is 2. The summed E-state index contributed by atoms with van der Waals surface area (Å²) in [5.74, 6) is 0. The van der Waals surface area contributed by atoms with Crippen LogP contribution in [0.2, 0.25) is 0 Å². The van der Waals surface area contributed by atoms with Gasteiger partial charge in [0, 0.05) is 28.7 Å². The Labute approximate surface area is 243 Å². The lowest BCUT2D eigenvalue weighted by molar-refractivity contribution is 1.35. The van der Waals surface area contributed by atoms with Gasteiger partial charge in [0.05, 0.1) is 11.2 Å². The fraction of sp³-hybridized carbons (Fsp3) is 0. The van der Waals surface area contributed by atoms with Crippen LogP contribution in [-0.2, 0) is 0 Å². The highest BCUT2D eigenvalue weighted by Crippen LogP contribution is 2.57. The van der Waals surface area contributed by atoms with Crippen LogP contribution in [0.1, 0.15) is 0 Å². The summed E-state index contributed by atoms with van der Waals surface area (Å²) in [5, 5.41) is 5.92. The van der Waals surface area contributed by atoms with Gasteiger partial charge in [0.1, 0.15) is 0 Å². The van der Waals surface area contributed by atoms with Crippen molar-refractivity contribution in [2.75, 3.05) is 0 Å². The molecule has 2 heterocycles. The molecular formula is C40H24N2. The SMILES string of the molecule is c1ccc(-c2cc(-c3cc4ccc5cccnc5c4cn3)c(-c3ccccc3)c3c2-c2cccc4cccc-3c24)cc1. The van der Waals surface area contributed by atoms with Gasteiger partial charge in [-0.1, -0.05) is 115 Å². The Kier molecular flexibility index (Phi) is 4.93. The molecule has 0 amide bonds. The maximum Gasteiger partial charge on any atom is 0.0795 e. The zero-order chi connectivity index (χ0) is 27.6. The molecule has 0 fully saturated rings. The number of fused-ring (bicyclic) bond motifs is 6. The van der Waals surface area contributed by atoms with Gasteiger partial charge in [-0.25, -0.2) is 0 Å². The number of nitrogens with zero attached hydrogens (tertiary/aromatic N) is 2. The van der Waals surface area contributed by atoms with E-state index in [2.05, 4.69) is 132 Å². The predicted octanol–water partition coefficient (Wildman–Crippen LogP) is 10.6. The smallest absolute Gasteiger partial charge is 0.0795 e. The van der Waals surface area contributed by atoms with Crippen LogP contribution in [0.5, 0.6) is 0 Å². The molecule has 1 aliphatic rings. The molecule has 0 unspecified atom stereocenters. The molecule has 2 nitrogen and oxygen atoms in total. The number of pyridine rings is 2. The van der Waals surface area contributed by atoms with E-state index in [0.717, 1.165) is 32.9 Å². The molecule has 0 N–H and O–H groups in total. The zero-order valence-corrected chi connectivity index (χ0v) is 22.8. The van der Waals surface area contributed by atoms with Crippen LogP contribution in [0.15, 0.2) is 146 Å². The van der Waals surface area contributed by atoms with Crippen LogP contribution in [0, 0.1) is 0 Å². The first kappa shape index (κ1) is 23.1. The van der Waals surface area contributed by atoms with E-state index in [0.29, 0.717) is 0 Å². The molecule has 0 atom stereocenters. The molecule has 0 aliphatic heterocycles. The molecule has 0 radical (unpaired) electrons. The molecule has 2 heteroatoms. The maximum atomic E-state index is 5.13. The highest BCUT2D eigenvalue weighted by atomic mass is 14.7. The van der Waals surface area contributed by atoms with E-state index >= 15 is 0 Å². The van der Waals surface area contributed by atoms with Crippen molar-refractivity contribution >= 4 is 32.4 Å². The van der Waals surface area contributed by atoms with E-state index < -0.39 is 0 Å². The fourth-order valence-corrected chi connectivity index (χ4v) is 6.85. The quantitative estimate of drug-likeness (QED) is 0.212. The average Bonchev–Trinajstić information content (AvgIpc) is 3.40. The highest BCUT2D eigenvalue weighted by molar-refractivity contribution is 6.22. The Hall–Kier alpha value is -5.60. The third-order valence-electron chi connectivity index (χ3n) is 8.67. The van der Waals surface area contributed by atoms with Crippen molar-refractivity contribution in [1.82, 2.24) is 9.97 Å². The molecule has 9 rings (SSSR count). The highest BCUT2D eigenvalue weighted by Gasteiger charge is 2.30.